The van der Waals surface area contributed by atoms with E-state index in [-0.39, 0.29) is 121 Å². The van der Waals surface area contributed by atoms with E-state index < -0.39 is 46.2 Å². The van der Waals surface area contributed by atoms with Crippen LogP contribution in [0.5, 0.6) is 46.0 Å². The Morgan fingerprint density at radius 2 is 0.492 bits per heavy atom. The molecule has 0 N–H and O–H groups in total. The van der Waals surface area contributed by atoms with Crippen molar-refractivity contribution >= 4 is 23.1 Å². The second-order valence-electron chi connectivity index (χ2n) is 15.2. The predicted octanol–water partition coefficient (Wildman–Crippen LogP) is 10.5. The summed E-state index contributed by atoms with van der Waals surface area (Å²) in [7, 11) is 0. The highest BCUT2D eigenvalue weighted by atomic mass is 16.6. The average molecular weight is 899 g/mol. The van der Waals surface area contributed by atoms with Gasteiger partial charge in [-0.2, -0.15) is 0 Å². The lowest BCUT2D eigenvalue weighted by Crippen LogP contribution is -2.65. The highest BCUT2D eigenvalue weighted by Crippen LogP contribution is 2.49. The first-order valence-electron chi connectivity index (χ1n) is 22.7. The number of Topliss-reactive ketones (excluding diaryl/α,β-unsaturated/α-hetero) is 4. The van der Waals surface area contributed by atoms with Gasteiger partial charge in [-0.25, -0.2) is 0 Å². The monoisotopic (exact) mass is 898 g/mol. The number of benzene rings is 4. The zero-order valence-electron chi connectivity index (χ0n) is 40.0. The zero-order chi connectivity index (χ0) is 47.9. The molecule has 0 spiro atoms. The third-order valence-electron chi connectivity index (χ3n) is 10.6. The molecule has 0 unspecified atom stereocenters. The maximum atomic E-state index is 16.4. The first kappa shape index (κ1) is 51.6. The van der Waals surface area contributed by atoms with Crippen molar-refractivity contribution in [2.75, 3.05) is 52.9 Å². The van der Waals surface area contributed by atoms with Crippen LogP contribution in [0.3, 0.4) is 0 Å². The fraction of sp³-hybridized carbons (Fsp3) is 0.462. The van der Waals surface area contributed by atoms with Gasteiger partial charge in [0.25, 0.3) is 0 Å². The van der Waals surface area contributed by atoms with Gasteiger partial charge in [-0.05, 0) is 116 Å². The summed E-state index contributed by atoms with van der Waals surface area (Å²) in [5, 5.41) is 0. The van der Waals surface area contributed by atoms with Crippen LogP contribution in [0.2, 0.25) is 0 Å². The van der Waals surface area contributed by atoms with E-state index in [0.29, 0.717) is 0 Å². The van der Waals surface area contributed by atoms with Crippen molar-refractivity contribution < 1.29 is 61.8 Å². The van der Waals surface area contributed by atoms with Crippen molar-refractivity contribution in [3.63, 3.8) is 0 Å². The third kappa shape index (κ3) is 10.4. The van der Waals surface area contributed by atoms with Crippen LogP contribution in [0.25, 0.3) is 0 Å². The second-order valence-corrected chi connectivity index (χ2v) is 15.2. The molecule has 0 bridgehead atoms. The van der Waals surface area contributed by atoms with Gasteiger partial charge in [-0.1, -0.05) is 52.0 Å². The first-order valence-corrected chi connectivity index (χ1v) is 22.7. The van der Waals surface area contributed by atoms with Crippen LogP contribution in [0.4, 0.5) is 0 Å². The Morgan fingerprint density at radius 3 is 0.615 bits per heavy atom. The number of carbonyl (C=O) groups excluding carboxylic acids is 4. The van der Waals surface area contributed by atoms with E-state index >= 15 is 19.2 Å². The van der Waals surface area contributed by atoms with Crippen molar-refractivity contribution in [3.8, 4) is 46.0 Å². The summed E-state index contributed by atoms with van der Waals surface area (Å²) in [6.45, 7) is 21.6. The standard InChI is InChI=1S/C52H66O13/c1-13-57-35-25-21-26-36(58-14-2)43(35)47(53)51(33(9)10,48(54)44-37(59-15-3)27-22-28-38(44)60-16-4)65-52(34(11)12,49(55)45-39(61-17-5)29-23-30-40(45)62-18-6)50(56)46-41(63-19-7)31-24-32-42(46)64-20-8/h21-34H,13-20H2,1-12H3. The largest absolute Gasteiger partial charge is 0.493 e. The fourth-order valence-corrected chi connectivity index (χ4v) is 7.82. The van der Waals surface area contributed by atoms with Crippen LogP contribution in [0.15, 0.2) is 72.8 Å². The molecule has 0 heterocycles. The molecule has 0 aliphatic rings. The number of ether oxygens (including phenoxy) is 9. The molecule has 4 aromatic rings. The Balaban J connectivity index is 2.39. The molecule has 4 aromatic carbocycles. The summed E-state index contributed by atoms with van der Waals surface area (Å²) >= 11 is 0. The summed E-state index contributed by atoms with van der Waals surface area (Å²) < 4.78 is 56.2. The molecule has 0 aliphatic carbocycles. The van der Waals surface area contributed by atoms with Crippen LogP contribution in [0.1, 0.15) is 125 Å². The van der Waals surface area contributed by atoms with Crippen molar-refractivity contribution in [2.45, 2.75) is 94.3 Å². The maximum Gasteiger partial charge on any atom is 0.210 e. The van der Waals surface area contributed by atoms with E-state index in [1.54, 1.807) is 156 Å². The summed E-state index contributed by atoms with van der Waals surface area (Å²) in [6.07, 6.45) is 0. The minimum Gasteiger partial charge on any atom is -0.493 e. The SMILES string of the molecule is CCOc1cccc(OCC)c1C(=O)C(OC(C(=O)c1c(OCC)cccc1OCC)(C(=O)c1c(OCC)cccc1OCC)C(C)C)(C(=O)c1c(OCC)cccc1OCC)C(C)C. The Kier molecular flexibility index (Phi) is 18.8. The number of hydrogen-bond donors (Lipinski definition) is 0. The number of carbonyl (C=O) groups is 4. The minimum absolute atomic E-state index is 0.0847. The molecule has 13 heteroatoms. The molecular formula is C52H66O13. The van der Waals surface area contributed by atoms with Crippen LogP contribution in [0, 0.1) is 11.8 Å². The first-order chi connectivity index (χ1) is 31.2. The number of rotatable bonds is 28. The highest BCUT2D eigenvalue weighted by molar-refractivity contribution is 6.29. The van der Waals surface area contributed by atoms with Crippen molar-refractivity contribution in [1.29, 1.82) is 0 Å². The maximum absolute atomic E-state index is 16.4. The van der Waals surface area contributed by atoms with E-state index in [9.17, 15) is 0 Å². The van der Waals surface area contributed by atoms with Crippen LogP contribution in [-0.2, 0) is 4.74 Å². The molecule has 0 radical (unpaired) electrons. The van der Waals surface area contributed by atoms with Gasteiger partial charge < -0.3 is 42.6 Å². The molecule has 0 atom stereocenters. The third-order valence-corrected chi connectivity index (χ3v) is 10.6. The van der Waals surface area contributed by atoms with Gasteiger partial charge in [-0.3, -0.25) is 19.2 Å². The lowest BCUT2D eigenvalue weighted by molar-refractivity contribution is -0.110. The Hall–Kier alpha value is -6.08. The summed E-state index contributed by atoms with van der Waals surface area (Å²) in [4.78, 5) is 65.8. The topological polar surface area (TPSA) is 151 Å². The van der Waals surface area contributed by atoms with E-state index in [0.717, 1.165) is 0 Å². The van der Waals surface area contributed by atoms with Gasteiger partial charge >= 0.3 is 0 Å². The van der Waals surface area contributed by atoms with Crippen LogP contribution < -0.4 is 37.9 Å². The minimum atomic E-state index is -2.77. The van der Waals surface area contributed by atoms with Crippen molar-refractivity contribution in [2.24, 2.45) is 11.8 Å². The number of ketones is 4. The predicted molar refractivity (Wildman–Crippen MR) is 249 cm³/mol. The quantitative estimate of drug-likeness (QED) is 0.0393. The number of hydrogen-bond acceptors (Lipinski definition) is 13. The van der Waals surface area contributed by atoms with Crippen LogP contribution >= 0.6 is 0 Å². The molecule has 0 saturated carbocycles. The highest BCUT2D eigenvalue weighted by Gasteiger charge is 2.64. The molecule has 0 aromatic heterocycles. The van der Waals surface area contributed by atoms with Gasteiger partial charge in [0.15, 0.2) is 11.2 Å². The van der Waals surface area contributed by atoms with E-state index in [1.807, 2.05) is 0 Å². The average Bonchev–Trinajstić information content (AvgIpc) is 3.27. The summed E-state index contributed by atoms with van der Waals surface area (Å²) in [6, 6.07) is 19.3. The lowest BCUT2D eigenvalue weighted by atomic mass is 9.71. The van der Waals surface area contributed by atoms with Gasteiger partial charge in [0.2, 0.25) is 23.1 Å². The zero-order valence-corrected chi connectivity index (χ0v) is 40.0. The van der Waals surface area contributed by atoms with E-state index in [1.165, 1.54) is 0 Å². The molecule has 0 aliphatic heterocycles. The van der Waals surface area contributed by atoms with E-state index in [2.05, 4.69) is 0 Å². The molecule has 4 rings (SSSR count). The van der Waals surface area contributed by atoms with Gasteiger partial charge in [0.05, 0.1) is 52.9 Å². The normalized spacial score (nSPS) is 11.5. The molecule has 352 valence electrons. The summed E-state index contributed by atoms with van der Waals surface area (Å²) in [5.41, 5.74) is -6.11. The van der Waals surface area contributed by atoms with Gasteiger partial charge in [-0.15, -0.1) is 0 Å². The van der Waals surface area contributed by atoms with Crippen LogP contribution in [-0.4, -0.2) is 87.2 Å². The van der Waals surface area contributed by atoms with Crippen molar-refractivity contribution in [1.82, 2.24) is 0 Å². The van der Waals surface area contributed by atoms with Gasteiger partial charge in [0.1, 0.15) is 68.2 Å². The second kappa shape index (κ2) is 23.7. The molecule has 65 heavy (non-hydrogen) atoms. The fourth-order valence-electron chi connectivity index (χ4n) is 7.82. The Labute approximate surface area is 383 Å². The smallest absolute Gasteiger partial charge is 0.210 e. The molecule has 13 nitrogen and oxygen atoms in total. The van der Waals surface area contributed by atoms with E-state index in [4.69, 9.17) is 42.6 Å². The van der Waals surface area contributed by atoms with Crippen molar-refractivity contribution in [3.05, 3.63) is 95.1 Å². The lowest BCUT2D eigenvalue weighted by Gasteiger charge is -2.45. The molecular weight excluding hydrogens is 833 g/mol. The Morgan fingerprint density at radius 1 is 0.338 bits per heavy atom. The van der Waals surface area contributed by atoms with Gasteiger partial charge in [0, 0.05) is 0 Å². The molecule has 0 saturated heterocycles. The Bertz CT molecular complexity index is 1860. The summed E-state index contributed by atoms with van der Waals surface area (Å²) in [5.74, 6) is -5.40. The molecule has 0 amide bonds. The molecule has 0 fully saturated rings.